The summed E-state index contributed by atoms with van der Waals surface area (Å²) in [4.78, 5) is 23.4. The quantitative estimate of drug-likeness (QED) is 0.865. The van der Waals surface area contributed by atoms with Gasteiger partial charge < -0.3 is 10.0 Å². The third-order valence-corrected chi connectivity index (χ3v) is 2.51. The molecule has 0 spiro atoms. The van der Waals surface area contributed by atoms with Gasteiger partial charge in [-0.1, -0.05) is 6.92 Å². The molecule has 1 N–H and O–H groups in total. The predicted octanol–water partition coefficient (Wildman–Crippen LogP) is 2.57. The van der Waals surface area contributed by atoms with Crippen LogP contribution in [0.15, 0.2) is 18.2 Å². The zero-order chi connectivity index (χ0) is 14.4. The Bertz CT molecular complexity index is 477. The second-order valence-electron chi connectivity index (χ2n) is 4.03. The largest absolute Gasteiger partial charge is 0.481 e. The van der Waals surface area contributed by atoms with E-state index in [1.165, 1.54) is 0 Å². The summed E-state index contributed by atoms with van der Waals surface area (Å²) >= 11 is 0. The number of carbonyl (C=O) groups is 2. The van der Waals surface area contributed by atoms with Gasteiger partial charge in [0.15, 0.2) is 0 Å². The number of carboxylic acid groups (broad SMARTS) is 1. The molecule has 0 aliphatic rings. The van der Waals surface area contributed by atoms with Crippen molar-refractivity contribution in [1.82, 2.24) is 0 Å². The summed E-state index contributed by atoms with van der Waals surface area (Å²) < 4.78 is 26.8. The fraction of sp³-hybridized carbons (Fsp3) is 0.385. The minimum atomic E-state index is -1.11. The SMILES string of the molecule is CCCC(=O)N(CCC(=O)O)c1cc(F)ccc1F. The van der Waals surface area contributed by atoms with Crippen molar-refractivity contribution in [2.24, 2.45) is 0 Å². The lowest BCUT2D eigenvalue weighted by Crippen LogP contribution is -2.33. The fourth-order valence-corrected chi connectivity index (χ4v) is 1.63. The first-order chi connectivity index (χ1) is 8.95. The molecule has 4 nitrogen and oxygen atoms in total. The summed E-state index contributed by atoms with van der Waals surface area (Å²) in [6, 6.07) is 2.75. The van der Waals surface area contributed by atoms with Crippen LogP contribution in [0.1, 0.15) is 26.2 Å². The molecule has 0 aliphatic heterocycles. The van der Waals surface area contributed by atoms with Gasteiger partial charge in [-0.3, -0.25) is 9.59 Å². The molecule has 0 bridgehead atoms. The van der Waals surface area contributed by atoms with Gasteiger partial charge in [0, 0.05) is 19.0 Å². The molecule has 1 aromatic rings. The van der Waals surface area contributed by atoms with E-state index in [-0.39, 0.29) is 25.1 Å². The number of hydrogen-bond acceptors (Lipinski definition) is 2. The van der Waals surface area contributed by atoms with E-state index in [4.69, 9.17) is 5.11 Å². The van der Waals surface area contributed by atoms with Gasteiger partial charge >= 0.3 is 5.97 Å². The number of benzene rings is 1. The average molecular weight is 271 g/mol. The van der Waals surface area contributed by atoms with Crippen LogP contribution in [0.4, 0.5) is 14.5 Å². The zero-order valence-electron chi connectivity index (χ0n) is 10.5. The minimum Gasteiger partial charge on any atom is -0.481 e. The van der Waals surface area contributed by atoms with Crippen molar-refractivity contribution < 1.29 is 23.5 Å². The number of carbonyl (C=O) groups excluding carboxylic acids is 1. The molecule has 0 fully saturated rings. The fourth-order valence-electron chi connectivity index (χ4n) is 1.63. The van der Waals surface area contributed by atoms with Gasteiger partial charge in [0.1, 0.15) is 11.6 Å². The summed E-state index contributed by atoms with van der Waals surface area (Å²) in [6.45, 7) is 1.59. The normalized spacial score (nSPS) is 10.3. The number of hydrogen-bond donors (Lipinski definition) is 1. The standard InChI is InChI=1S/C13H15F2NO3/c1-2-3-12(17)16(7-6-13(18)19)11-8-9(14)4-5-10(11)15/h4-5,8H,2-3,6-7H2,1H3,(H,18,19). The van der Waals surface area contributed by atoms with Crippen LogP contribution in [0.5, 0.6) is 0 Å². The van der Waals surface area contributed by atoms with Gasteiger partial charge in [-0.15, -0.1) is 0 Å². The lowest BCUT2D eigenvalue weighted by Gasteiger charge is -2.22. The maximum atomic E-state index is 13.6. The van der Waals surface area contributed by atoms with Crippen LogP contribution in [0, 0.1) is 11.6 Å². The van der Waals surface area contributed by atoms with Gasteiger partial charge in [0.25, 0.3) is 0 Å². The summed E-state index contributed by atoms with van der Waals surface area (Å²) in [5, 5.41) is 8.64. The van der Waals surface area contributed by atoms with E-state index in [0.29, 0.717) is 6.42 Å². The Hall–Kier alpha value is -1.98. The van der Waals surface area contributed by atoms with Crippen molar-refractivity contribution in [2.45, 2.75) is 26.2 Å². The predicted molar refractivity (Wildman–Crippen MR) is 65.9 cm³/mol. The van der Waals surface area contributed by atoms with Crippen LogP contribution >= 0.6 is 0 Å². The van der Waals surface area contributed by atoms with Gasteiger partial charge in [0.2, 0.25) is 5.91 Å². The molecule has 1 rings (SSSR count). The Morgan fingerprint density at radius 3 is 2.53 bits per heavy atom. The van der Waals surface area contributed by atoms with Crippen LogP contribution in [0.25, 0.3) is 0 Å². The van der Waals surface area contributed by atoms with E-state index < -0.39 is 23.5 Å². The van der Waals surface area contributed by atoms with Gasteiger partial charge in [-0.05, 0) is 18.6 Å². The van der Waals surface area contributed by atoms with Crippen molar-refractivity contribution in [3.63, 3.8) is 0 Å². The first kappa shape index (κ1) is 15.1. The molecule has 0 saturated carbocycles. The number of anilines is 1. The van der Waals surface area contributed by atoms with Crippen molar-refractivity contribution in [2.75, 3.05) is 11.4 Å². The molecule has 0 aliphatic carbocycles. The molecule has 0 aromatic heterocycles. The van der Waals surface area contributed by atoms with E-state index in [1.54, 1.807) is 6.92 Å². The Morgan fingerprint density at radius 1 is 1.26 bits per heavy atom. The van der Waals surface area contributed by atoms with E-state index in [9.17, 15) is 18.4 Å². The molecule has 0 unspecified atom stereocenters. The molecule has 0 saturated heterocycles. The first-order valence-corrected chi connectivity index (χ1v) is 5.93. The van der Waals surface area contributed by atoms with Crippen molar-refractivity contribution in [1.29, 1.82) is 0 Å². The molecule has 1 aromatic carbocycles. The summed E-state index contributed by atoms with van der Waals surface area (Å²) in [6.07, 6.45) is 0.361. The first-order valence-electron chi connectivity index (χ1n) is 5.93. The minimum absolute atomic E-state index is 0.148. The molecule has 6 heteroatoms. The maximum Gasteiger partial charge on any atom is 0.305 e. The summed E-state index contributed by atoms with van der Waals surface area (Å²) in [7, 11) is 0. The van der Waals surface area contributed by atoms with Gasteiger partial charge in [-0.2, -0.15) is 0 Å². The van der Waals surface area contributed by atoms with Crippen LogP contribution in [-0.2, 0) is 9.59 Å². The van der Waals surface area contributed by atoms with Crippen LogP contribution < -0.4 is 4.90 Å². The Labute approximate surface area is 109 Å². The van der Waals surface area contributed by atoms with Crippen LogP contribution in [0.3, 0.4) is 0 Å². The molecular weight excluding hydrogens is 256 g/mol. The highest BCUT2D eigenvalue weighted by Gasteiger charge is 2.19. The smallest absolute Gasteiger partial charge is 0.305 e. The third-order valence-electron chi connectivity index (χ3n) is 2.51. The number of halogens is 2. The lowest BCUT2D eigenvalue weighted by atomic mass is 10.2. The van der Waals surface area contributed by atoms with E-state index in [1.807, 2.05) is 0 Å². The third kappa shape index (κ3) is 4.31. The molecular formula is C13H15F2NO3. The highest BCUT2D eigenvalue weighted by Crippen LogP contribution is 2.22. The Balaban J connectivity index is 3.03. The zero-order valence-corrected chi connectivity index (χ0v) is 10.5. The molecule has 1 amide bonds. The van der Waals surface area contributed by atoms with Crippen molar-refractivity contribution in [3.05, 3.63) is 29.8 Å². The number of amides is 1. The molecule has 0 atom stereocenters. The second-order valence-corrected chi connectivity index (χ2v) is 4.03. The monoisotopic (exact) mass is 271 g/mol. The van der Waals surface area contributed by atoms with Crippen molar-refractivity contribution in [3.8, 4) is 0 Å². The number of aliphatic carboxylic acids is 1. The van der Waals surface area contributed by atoms with E-state index in [2.05, 4.69) is 0 Å². The number of rotatable bonds is 6. The van der Waals surface area contributed by atoms with E-state index >= 15 is 0 Å². The van der Waals surface area contributed by atoms with Crippen LogP contribution in [-0.4, -0.2) is 23.5 Å². The lowest BCUT2D eigenvalue weighted by molar-refractivity contribution is -0.136. The van der Waals surface area contributed by atoms with Gasteiger partial charge in [0.05, 0.1) is 12.1 Å². The average Bonchev–Trinajstić information content (AvgIpc) is 2.33. The van der Waals surface area contributed by atoms with Crippen LogP contribution in [0.2, 0.25) is 0 Å². The Kier molecular flexibility index (Phi) is 5.41. The topological polar surface area (TPSA) is 57.6 Å². The summed E-state index contributed by atoms with van der Waals surface area (Å²) in [5.41, 5.74) is -0.222. The molecule has 0 heterocycles. The Morgan fingerprint density at radius 2 is 1.95 bits per heavy atom. The molecule has 19 heavy (non-hydrogen) atoms. The summed E-state index contributed by atoms with van der Waals surface area (Å²) in [5.74, 6) is -2.96. The maximum absolute atomic E-state index is 13.6. The van der Waals surface area contributed by atoms with Gasteiger partial charge in [-0.25, -0.2) is 8.78 Å². The highest BCUT2D eigenvalue weighted by atomic mass is 19.1. The molecule has 104 valence electrons. The number of nitrogens with zero attached hydrogens (tertiary/aromatic N) is 1. The van der Waals surface area contributed by atoms with E-state index in [0.717, 1.165) is 23.1 Å². The second kappa shape index (κ2) is 6.82. The number of carboxylic acids is 1. The van der Waals surface area contributed by atoms with Crippen molar-refractivity contribution >= 4 is 17.6 Å². The highest BCUT2D eigenvalue weighted by molar-refractivity contribution is 5.93. The molecule has 0 radical (unpaired) electrons.